The van der Waals surface area contributed by atoms with Crippen LogP contribution >= 0.6 is 15.9 Å². The van der Waals surface area contributed by atoms with Crippen molar-refractivity contribution in [2.75, 3.05) is 0 Å². The number of rotatable bonds is 5. The van der Waals surface area contributed by atoms with E-state index >= 15 is 0 Å². The summed E-state index contributed by atoms with van der Waals surface area (Å²) in [6.07, 6.45) is 2.55. The molecule has 0 aromatic carbocycles. The molecule has 1 fully saturated rings. The minimum Gasteiger partial charge on any atom is -0.457 e. The Kier molecular flexibility index (Phi) is 5.29. The molecule has 0 aromatic rings. The maximum Gasteiger partial charge on any atom is 0.338 e. The molecule has 1 aliphatic carbocycles. The second-order valence-electron chi connectivity index (χ2n) is 7.17. The number of halogens is 1. The summed E-state index contributed by atoms with van der Waals surface area (Å²) in [5.74, 6) is -0.574. The molecule has 0 unspecified atom stereocenters. The zero-order chi connectivity index (χ0) is 17.5. The van der Waals surface area contributed by atoms with E-state index < -0.39 is 19.5 Å². The number of ether oxygens (including phenoxy) is 1. The van der Waals surface area contributed by atoms with Crippen LogP contribution in [0.15, 0.2) is 10.6 Å². The van der Waals surface area contributed by atoms with Crippen LogP contribution in [0.5, 0.6) is 0 Å². The molecule has 1 aliphatic heterocycles. The highest BCUT2D eigenvalue weighted by atomic mass is 79.9. The highest BCUT2D eigenvalue weighted by Gasteiger charge is 2.64. The summed E-state index contributed by atoms with van der Waals surface area (Å²) in [5.41, 5.74) is -1.75. The van der Waals surface area contributed by atoms with Crippen molar-refractivity contribution in [3.8, 4) is 0 Å². The number of Topliss-reactive ketones (excluding diaryl/α,β-unsaturated/α-hetero) is 1. The minimum absolute atomic E-state index is 0.0752. The molecule has 0 N–H and O–H groups in total. The molecule has 130 valence electrons. The van der Waals surface area contributed by atoms with E-state index in [4.69, 9.17) is 9.16 Å². The van der Waals surface area contributed by atoms with Crippen molar-refractivity contribution >= 4 is 36.0 Å². The van der Waals surface area contributed by atoms with Crippen molar-refractivity contribution in [2.24, 2.45) is 5.92 Å². The third kappa shape index (κ3) is 3.09. The van der Waals surface area contributed by atoms with Gasteiger partial charge >= 0.3 is 5.97 Å². The van der Waals surface area contributed by atoms with Crippen LogP contribution in [0.2, 0.25) is 18.1 Å². The van der Waals surface area contributed by atoms with E-state index in [-0.39, 0.29) is 24.1 Å². The lowest BCUT2D eigenvalue weighted by Gasteiger charge is -2.41. The van der Waals surface area contributed by atoms with Gasteiger partial charge in [0.1, 0.15) is 5.60 Å². The van der Waals surface area contributed by atoms with Crippen molar-refractivity contribution in [3.63, 3.8) is 0 Å². The highest BCUT2D eigenvalue weighted by Crippen LogP contribution is 2.50. The quantitative estimate of drug-likeness (QED) is 0.506. The molecule has 2 aliphatic rings. The zero-order valence-corrected chi connectivity index (χ0v) is 17.3. The Morgan fingerprint density at radius 1 is 1.26 bits per heavy atom. The molecule has 0 spiro atoms. The fraction of sp³-hybridized carbons (Fsp3) is 0.765. The Hall–Kier alpha value is -0.463. The largest absolute Gasteiger partial charge is 0.457 e. The van der Waals surface area contributed by atoms with Gasteiger partial charge in [-0.15, -0.1) is 0 Å². The van der Waals surface area contributed by atoms with Gasteiger partial charge in [0.15, 0.2) is 19.7 Å². The molecule has 23 heavy (non-hydrogen) atoms. The van der Waals surface area contributed by atoms with E-state index in [0.717, 1.165) is 18.1 Å². The molecule has 0 amide bonds. The van der Waals surface area contributed by atoms with Crippen LogP contribution in [0.1, 0.15) is 47.5 Å². The van der Waals surface area contributed by atoms with Crippen molar-refractivity contribution in [2.45, 2.75) is 76.8 Å². The Bertz CT molecular complexity index is 530. The number of fused-ring (bicyclic) bond motifs is 1. The molecule has 1 heterocycles. The normalized spacial score (nSPS) is 30.5. The van der Waals surface area contributed by atoms with Gasteiger partial charge in [-0.05, 0) is 54.3 Å². The van der Waals surface area contributed by atoms with Gasteiger partial charge in [0.25, 0.3) is 0 Å². The van der Waals surface area contributed by atoms with Crippen LogP contribution in [-0.2, 0) is 18.8 Å². The Morgan fingerprint density at radius 2 is 1.83 bits per heavy atom. The molecule has 6 heteroatoms. The van der Waals surface area contributed by atoms with Crippen molar-refractivity contribution in [1.29, 1.82) is 0 Å². The standard InChI is InChI=1S/C17H27BrO4Si/c1-6-23(7-2,8-3)22-17-11-13(19)12(18)9-10-14(17)16(4,5)21-15(17)20/h9,14H,6-8,10-11H2,1-5H3/t14-,17+/m0/s1. The van der Waals surface area contributed by atoms with Gasteiger partial charge in [-0.25, -0.2) is 4.79 Å². The lowest BCUT2D eigenvalue weighted by Crippen LogP contribution is -2.55. The van der Waals surface area contributed by atoms with E-state index in [9.17, 15) is 9.59 Å². The number of hydrogen-bond donors (Lipinski definition) is 0. The fourth-order valence-electron chi connectivity index (χ4n) is 3.93. The monoisotopic (exact) mass is 402 g/mol. The van der Waals surface area contributed by atoms with Crippen LogP contribution < -0.4 is 0 Å². The van der Waals surface area contributed by atoms with Crippen molar-refractivity contribution < 1.29 is 18.8 Å². The van der Waals surface area contributed by atoms with Gasteiger partial charge in [-0.3, -0.25) is 4.79 Å². The van der Waals surface area contributed by atoms with Crippen molar-refractivity contribution in [3.05, 3.63) is 10.6 Å². The highest BCUT2D eigenvalue weighted by molar-refractivity contribution is 9.12. The number of cyclic esters (lactones) is 1. The van der Waals surface area contributed by atoms with Crippen LogP contribution in [0.3, 0.4) is 0 Å². The SMILES string of the molecule is CC[Si](CC)(CC)O[C@]12CC(=O)C(Br)=CC[C@H]1C(C)(C)OC2=O. The number of esters is 1. The van der Waals surface area contributed by atoms with Crippen molar-refractivity contribution in [1.82, 2.24) is 0 Å². The third-order valence-electron chi connectivity index (χ3n) is 5.66. The van der Waals surface area contributed by atoms with Gasteiger partial charge in [0, 0.05) is 5.92 Å². The van der Waals surface area contributed by atoms with Gasteiger partial charge in [0.2, 0.25) is 0 Å². The van der Waals surface area contributed by atoms with Gasteiger partial charge in [-0.2, -0.15) is 0 Å². The van der Waals surface area contributed by atoms with E-state index in [1.54, 1.807) is 0 Å². The number of hydrogen-bond acceptors (Lipinski definition) is 4. The lowest BCUT2D eigenvalue weighted by molar-refractivity contribution is -0.158. The lowest BCUT2D eigenvalue weighted by atomic mass is 9.76. The summed E-state index contributed by atoms with van der Waals surface area (Å²) in [4.78, 5) is 25.3. The van der Waals surface area contributed by atoms with Gasteiger partial charge in [-0.1, -0.05) is 26.8 Å². The summed E-state index contributed by atoms with van der Waals surface area (Å²) in [6, 6.07) is 2.81. The topological polar surface area (TPSA) is 52.6 Å². The molecule has 0 radical (unpaired) electrons. The minimum atomic E-state index is -2.07. The van der Waals surface area contributed by atoms with E-state index in [1.807, 2.05) is 19.9 Å². The maximum absolute atomic E-state index is 12.9. The fourth-order valence-corrected chi connectivity index (χ4v) is 7.26. The summed E-state index contributed by atoms with van der Waals surface area (Å²) < 4.78 is 12.9. The Balaban J connectivity index is 2.52. The predicted octanol–water partition coefficient (Wildman–Crippen LogP) is 4.34. The maximum atomic E-state index is 12.9. The second-order valence-corrected chi connectivity index (χ2v) is 12.7. The van der Waals surface area contributed by atoms with Crippen LogP contribution in [0.4, 0.5) is 0 Å². The first-order chi connectivity index (χ1) is 10.7. The summed E-state index contributed by atoms with van der Waals surface area (Å²) in [6.45, 7) is 10.2. The number of carbonyl (C=O) groups excluding carboxylic acids is 2. The predicted molar refractivity (Wildman–Crippen MR) is 95.9 cm³/mol. The average Bonchev–Trinajstić information content (AvgIpc) is 2.60. The molecule has 1 saturated heterocycles. The van der Waals surface area contributed by atoms with E-state index in [0.29, 0.717) is 10.9 Å². The molecule has 4 nitrogen and oxygen atoms in total. The van der Waals surface area contributed by atoms with E-state index in [1.165, 1.54) is 0 Å². The summed E-state index contributed by atoms with van der Waals surface area (Å²) in [7, 11) is -2.07. The second kappa shape index (κ2) is 6.45. The zero-order valence-electron chi connectivity index (χ0n) is 14.7. The number of allylic oxidation sites excluding steroid dienone is 2. The first-order valence-electron chi connectivity index (χ1n) is 8.49. The summed E-state index contributed by atoms with van der Waals surface area (Å²) in [5, 5.41) is 0. The van der Waals surface area contributed by atoms with E-state index in [2.05, 4.69) is 36.7 Å². The average molecular weight is 403 g/mol. The van der Waals surface area contributed by atoms with Crippen LogP contribution in [-0.4, -0.2) is 31.3 Å². The van der Waals surface area contributed by atoms with Crippen LogP contribution in [0.25, 0.3) is 0 Å². The number of carbonyl (C=O) groups is 2. The molecule has 2 rings (SSSR count). The van der Waals surface area contributed by atoms with Crippen LogP contribution in [0, 0.1) is 5.92 Å². The third-order valence-corrected chi connectivity index (χ3v) is 11.1. The van der Waals surface area contributed by atoms with Gasteiger partial charge in [0.05, 0.1) is 10.9 Å². The number of ketones is 1. The first-order valence-corrected chi connectivity index (χ1v) is 11.8. The molecular weight excluding hydrogens is 376 g/mol. The molecule has 2 atom stereocenters. The Labute approximate surface area is 148 Å². The molecule has 0 saturated carbocycles. The Morgan fingerprint density at radius 3 is 2.35 bits per heavy atom. The molecular formula is C17H27BrO4Si. The smallest absolute Gasteiger partial charge is 0.338 e. The molecule has 0 bridgehead atoms. The molecule has 0 aromatic heterocycles. The first kappa shape index (κ1) is 18.9. The summed E-state index contributed by atoms with van der Waals surface area (Å²) >= 11 is 3.34. The van der Waals surface area contributed by atoms with Gasteiger partial charge < -0.3 is 9.16 Å².